The molecule has 6 heteroatoms. The van der Waals surface area contributed by atoms with Crippen molar-refractivity contribution in [3.05, 3.63) is 46.3 Å². The van der Waals surface area contributed by atoms with Gasteiger partial charge in [-0.2, -0.15) is 0 Å². The molecule has 2 rings (SSSR count). The topological polar surface area (TPSA) is 94.9 Å². The van der Waals surface area contributed by atoms with Crippen molar-refractivity contribution in [2.75, 3.05) is 5.73 Å². The van der Waals surface area contributed by atoms with Gasteiger partial charge in [-0.25, -0.2) is 4.98 Å². The molecule has 0 radical (unpaired) electrons. The summed E-state index contributed by atoms with van der Waals surface area (Å²) in [5.74, 6) is -0.0815. The number of anilines is 1. The zero-order valence-electron chi connectivity index (χ0n) is 9.12. The minimum Gasteiger partial charge on any atom is -0.378 e. The highest BCUT2D eigenvalue weighted by atomic mass is 16.6. The highest BCUT2D eigenvalue weighted by molar-refractivity contribution is 5.65. The number of pyridine rings is 2. The maximum atomic E-state index is 10.6. The van der Waals surface area contributed by atoms with Gasteiger partial charge in [-0.1, -0.05) is 0 Å². The molecule has 0 unspecified atom stereocenters. The number of nitrogen functional groups attached to an aromatic ring is 1. The first-order chi connectivity index (χ1) is 8.08. The fourth-order valence-electron chi connectivity index (χ4n) is 1.49. The summed E-state index contributed by atoms with van der Waals surface area (Å²) >= 11 is 0. The summed E-state index contributed by atoms with van der Waals surface area (Å²) in [7, 11) is 0. The van der Waals surface area contributed by atoms with Crippen LogP contribution in [0.2, 0.25) is 0 Å². The molecule has 2 aromatic rings. The van der Waals surface area contributed by atoms with Crippen LogP contribution < -0.4 is 5.73 Å². The SMILES string of the molecule is Cc1cc(-c2ccc([N+](=O)[O-])c(N)n2)ccn1. The van der Waals surface area contributed by atoms with E-state index in [0.717, 1.165) is 11.3 Å². The van der Waals surface area contributed by atoms with Crippen LogP contribution in [0.5, 0.6) is 0 Å². The van der Waals surface area contributed by atoms with Gasteiger partial charge in [0.15, 0.2) is 0 Å². The van der Waals surface area contributed by atoms with E-state index >= 15 is 0 Å². The van der Waals surface area contributed by atoms with Crippen molar-refractivity contribution in [3.8, 4) is 11.3 Å². The maximum absolute atomic E-state index is 10.6. The summed E-state index contributed by atoms with van der Waals surface area (Å²) < 4.78 is 0. The Morgan fingerprint density at radius 3 is 2.71 bits per heavy atom. The Kier molecular flexibility index (Phi) is 2.70. The fraction of sp³-hybridized carbons (Fsp3) is 0.0909. The van der Waals surface area contributed by atoms with Gasteiger partial charge in [-0.15, -0.1) is 0 Å². The van der Waals surface area contributed by atoms with Crippen LogP contribution in [0.1, 0.15) is 5.69 Å². The Morgan fingerprint density at radius 2 is 2.12 bits per heavy atom. The molecule has 0 saturated heterocycles. The fourth-order valence-corrected chi connectivity index (χ4v) is 1.49. The molecule has 0 bridgehead atoms. The third-order valence-corrected chi connectivity index (χ3v) is 2.29. The molecule has 0 fully saturated rings. The second-order valence-electron chi connectivity index (χ2n) is 3.54. The third-order valence-electron chi connectivity index (χ3n) is 2.29. The van der Waals surface area contributed by atoms with Gasteiger partial charge in [0, 0.05) is 23.5 Å². The molecule has 0 aliphatic carbocycles. The number of nitrogens with two attached hydrogens (primary N) is 1. The highest BCUT2D eigenvalue weighted by Gasteiger charge is 2.13. The Bertz CT molecular complexity index is 583. The van der Waals surface area contributed by atoms with E-state index in [1.165, 1.54) is 6.07 Å². The lowest BCUT2D eigenvalue weighted by Crippen LogP contribution is -1.99. The molecule has 6 nitrogen and oxygen atoms in total. The minimum atomic E-state index is -0.552. The van der Waals surface area contributed by atoms with Gasteiger partial charge in [0.05, 0.1) is 10.6 Å². The van der Waals surface area contributed by atoms with E-state index in [1.54, 1.807) is 18.3 Å². The van der Waals surface area contributed by atoms with Crippen LogP contribution in [0.4, 0.5) is 11.5 Å². The molecule has 0 spiro atoms. The molecule has 2 N–H and O–H groups in total. The Labute approximate surface area is 97.3 Å². The van der Waals surface area contributed by atoms with E-state index < -0.39 is 4.92 Å². The first kappa shape index (κ1) is 11.0. The first-order valence-electron chi connectivity index (χ1n) is 4.92. The van der Waals surface area contributed by atoms with Gasteiger partial charge in [-0.05, 0) is 25.1 Å². The zero-order valence-corrected chi connectivity index (χ0v) is 9.12. The lowest BCUT2D eigenvalue weighted by atomic mass is 10.1. The number of rotatable bonds is 2. The van der Waals surface area contributed by atoms with Crippen molar-refractivity contribution >= 4 is 11.5 Å². The van der Waals surface area contributed by atoms with E-state index in [4.69, 9.17) is 5.73 Å². The van der Waals surface area contributed by atoms with E-state index in [-0.39, 0.29) is 11.5 Å². The standard InChI is InChI=1S/C11H10N4O2/c1-7-6-8(4-5-13-7)9-2-3-10(15(16)17)11(12)14-9/h2-6H,1H3,(H2,12,14). The molecule has 0 aromatic carbocycles. The maximum Gasteiger partial charge on any atom is 0.311 e. The number of nitrogens with zero attached hydrogens (tertiary/aromatic N) is 3. The molecule has 2 aromatic heterocycles. The third kappa shape index (κ3) is 2.20. The van der Waals surface area contributed by atoms with Crippen molar-refractivity contribution in [1.82, 2.24) is 9.97 Å². The van der Waals surface area contributed by atoms with Crippen LogP contribution in [-0.2, 0) is 0 Å². The Morgan fingerprint density at radius 1 is 1.35 bits per heavy atom. The van der Waals surface area contributed by atoms with Gasteiger partial charge in [0.2, 0.25) is 5.82 Å². The van der Waals surface area contributed by atoms with Crippen LogP contribution >= 0.6 is 0 Å². The van der Waals surface area contributed by atoms with Gasteiger partial charge in [0.1, 0.15) is 0 Å². The number of aryl methyl sites for hydroxylation is 1. The second-order valence-corrected chi connectivity index (χ2v) is 3.54. The summed E-state index contributed by atoms with van der Waals surface area (Å²) in [6.07, 6.45) is 1.66. The predicted molar refractivity (Wildman–Crippen MR) is 63.3 cm³/mol. The second kappa shape index (κ2) is 4.17. The van der Waals surface area contributed by atoms with Crippen molar-refractivity contribution in [2.45, 2.75) is 6.92 Å². The highest BCUT2D eigenvalue weighted by Crippen LogP contribution is 2.24. The van der Waals surface area contributed by atoms with Crippen LogP contribution in [-0.4, -0.2) is 14.9 Å². The molecule has 0 atom stereocenters. The first-order valence-corrected chi connectivity index (χ1v) is 4.92. The summed E-state index contributed by atoms with van der Waals surface area (Å²) in [6.45, 7) is 1.86. The molecule has 0 aliphatic heterocycles. The average molecular weight is 230 g/mol. The van der Waals surface area contributed by atoms with E-state index in [0.29, 0.717) is 5.69 Å². The Balaban J connectivity index is 2.48. The monoisotopic (exact) mass is 230 g/mol. The molecular formula is C11H10N4O2. The lowest BCUT2D eigenvalue weighted by Gasteiger charge is -2.03. The summed E-state index contributed by atoms with van der Waals surface area (Å²) in [5.41, 5.74) is 7.63. The summed E-state index contributed by atoms with van der Waals surface area (Å²) in [5, 5.41) is 10.6. The van der Waals surface area contributed by atoms with Gasteiger partial charge in [0.25, 0.3) is 0 Å². The largest absolute Gasteiger partial charge is 0.378 e. The summed E-state index contributed by atoms with van der Waals surface area (Å²) in [4.78, 5) is 18.1. The minimum absolute atomic E-state index is 0.0815. The molecule has 86 valence electrons. The van der Waals surface area contributed by atoms with Gasteiger partial charge < -0.3 is 5.73 Å². The number of hydrogen-bond acceptors (Lipinski definition) is 5. The van der Waals surface area contributed by atoms with Crippen molar-refractivity contribution in [3.63, 3.8) is 0 Å². The van der Waals surface area contributed by atoms with Crippen LogP contribution in [0, 0.1) is 17.0 Å². The molecule has 17 heavy (non-hydrogen) atoms. The van der Waals surface area contributed by atoms with Crippen molar-refractivity contribution in [1.29, 1.82) is 0 Å². The number of nitro groups is 1. The summed E-state index contributed by atoms with van der Waals surface area (Å²) in [6, 6.07) is 6.55. The number of aromatic nitrogens is 2. The van der Waals surface area contributed by atoms with E-state index in [9.17, 15) is 10.1 Å². The molecule has 0 aliphatic rings. The molecule has 0 amide bonds. The lowest BCUT2D eigenvalue weighted by molar-refractivity contribution is -0.384. The van der Waals surface area contributed by atoms with Gasteiger partial charge >= 0.3 is 5.69 Å². The van der Waals surface area contributed by atoms with Crippen LogP contribution in [0.25, 0.3) is 11.3 Å². The Hall–Kier alpha value is -2.50. The molecule has 2 heterocycles. The van der Waals surface area contributed by atoms with Crippen LogP contribution in [0.15, 0.2) is 30.5 Å². The van der Waals surface area contributed by atoms with Gasteiger partial charge in [-0.3, -0.25) is 15.1 Å². The van der Waals surface area contributed by atoms with E-state index in [2.05, 4.69) is 9.97 Å². The van der Waals surface area contributed by atoms with Crippen molar-refractivity contribution in [2.24, 2.45) is 0 Å². The smallest absolute Gasteiger partial charge is 0.311 e. The average Bonchev–Trinajstić information content (AvgIpc) is 2.28. The zero-order chi connectivity index (χ0) is 12.4. The normalized spacial score (nSPS) is 10.2. The van der Waals surface area contributed by atoms with Crippen molar-refractivity contribution < 1.29 is 4.92 Å². The molecular weight excluding hydrogens is 220 g/mol. The predicted octanol–water partition coefficient (Wildman–Crippen LogP) is 1.94. The molecule has 0 saturated carbocycles. The quantitative estimate of drug-likeness (QED) is 0.628. The van der Waals surface area contributed by atoms with E-state index in [1.807, 2.05) is 13.0 Å². The van der Waals surface area contributed by atoms with Crippen LogP contribution in [0.3, 0.4) is 0 Å². The number of hydrogen-bond donors (Lipinski definition) is 1.